The van der Waals surface area contributed by atoms with Gasteiger partial charge in [0.05, 0.1) is 11.4 Å². The molecule has 1 saturated heterocycles. The zero-order valence-electron chi connectivity index (χ0n) is 15.6. The van der Waals surface area contributed by atoms with Crippen LogP contribution in [0.5, 0.6) is 0 Å². The summed E-state index contributed by atoms with van der Waals surface area (Å²) < 4.78 is 32.0. The third-order valence-electron chi connectivity index (χ3n) is 3.63. The van der Waals surface area contributed by atoms with E-state index in [0.717, 1.165) is 0 Å². The maximum absolute atomic E-state index is 12.8. The van der Waals surface area contributed by atoms with Gasteiger partial charge in [-0.3, -0.25) is 4.79 Å². The highest BCUT2D eigenvalue weighted by Crippen LogP contribution is 2.20. The van der Waals surface area contributed by atoms with Crippen LogP contribution >= 0.6 is 0 Å². The molecule has 0 aromatic heterocycles. The Morgan fingerprint density at radius 3 is 2.56 bits per heavy atom. The van der Waals surface area contributed by atoms with E-state index in [2.05, 4.69) is 10.6 Å². The fourth-order valence-corrected chi connectivity index (χ4v) is 3.47. The van der Waals surface area contributed by atoms with E-state index in [9.17, 15) is 18.0 Å². The van der Waals surface area contributed by atoms with Gasteiger partial charge in [0.15, 0.2) is 0 Å². The summed E-state index contributed by atoms with van der Waals surface area (Å²) >= 11 is 0. The lowest BCUT2D eigenvalue weighted by molar-refractivity contribution is -0.0193. The van der Waals surface area contributed by atoms with Gasteiger partial charge in [-0.05, 0) is 45.4 Å². The second-order valence-electron chi connectivity index (χ2n) is 6.94. The molecule has 1 fully saturated rings. The maximum Gasteiger partial charge on any atom is 0.429 e. The number of carbonyl (C=O) groups excluding carboxylic acids is 2. The number of ether oxygens (including phenoxy) is 1. The Balaban J connectivity index is 2.23. The average Bonchev–Trinajstić information content (AvgIpc) is 3.08. The third-order valence-corrected chi connectivity index (χ3v) is 5.02. The summed E-state index contributed by atoms with van der Waals surface area (Å²) in [7, 11) is -3.82. The summed E-state index contributed by atoms with van der Waals surface area (Å²) in [6, 6.07) is 5.58. The average molecular weight is 393 g/mol. The Morgan fingerprint density at radius 1 is 1.26 bits per heavy atom. The van der Waals surface area contributed by atoms with Crippen molar-refractivity contribution in [1.29, 1.82) is 0 Å². The molecule has 0 radical (unpaired) electrons. The minimum absolute atomic E-state index is 0.0772. The lowest BCUT2D eigenvalue weighted by atomic mass is 10.2. The van der Waals surface area contributed by atoms with E-state index in [4.69, 9.17) is 11.2 Å². The van der Waals surface area contributed by atoms with E-state index in [0.29, 0.717) is 19.5 Å². The fraction of sp³-hybridized carbons (Fsp3) is 0.444. The van der Waals surface area contributed by atoms with Gasteiger partial charge in [0.25, 0.3) is 5.91 Å². The molecule has 2 rings (SSSR count). The minimum atomic E-state index is -3.82. The second kappa shape index (κ2) is 7.98. The highest BCUT2D eigenvalue weighted by molar-refractivity contribution is 7.89. The fourth-order valence-electron chi connectivity index (χ4n) is 2.49. The smallest absolute Gasteiger partial charge is 0.429 e. The Kier molecular flexibility index (Phi) is 6.13. The molecule has 8 nitrogen and oxygen atoms in total. The van der Waals surface area contributed by atoms with Crippen LogP contribution in [0.4, 0.5) is 4.79 Å². The van der Waals surface area contributed by atoms with E-state index >= 15 is 0 Å². The molecule has 27 heavy (non-hydrogen) atoms. The Morgan fingerprint density at radius 2 is 1.93 bits per heavy atom. The molecule has 1 aromatic rings. The predicted molar refractivity (Wildman–Crippen MR) is 99.1 cm³/mol. The molecule has 0 aliphatic carbocycles. The zero-order valence-corrected chi connectivity index (χ0v) is 16.4. The van der Waals surface area contributed by atoms with Crippen molar-refractivity contribution >= 4 is 22.0 Å². The molecule has 1 aliphatic heterocycles. The van der Waals surface area contributed by atoms with Crippen LogP contribution < -0.4 is 4.72 Å². The number of hydrogen-bond donors (Lipinski definition) is 1. The number of hydrogen-bond acceptors (Lipinski definition) is 5. The number of hydrazine groups is 1. The quantitative estimate of drug-likeness (QED) is 0.784. The van der Waals surface area contributed by atoms with Crippen molar-refractivity contribution in [3.8, 4) is 12.3 Å². The highest BCUT2D eigenvalue weighted by Gasteiger charge is 2.34. The molecule has 0 unspecified atom stereocenters. The number of terminal acetylenes is 1. The maximum atomic E-state index is 12.8. The molecule has 0 bridgehead atoms. The summed E-state index contributed by atoms with van der Waals surface area (Å²) in [6.07, 6.45) is 5.06. The molecule has 9 heteroatoms. The van der Waals surface area contributed by atoms with Gasteiger partial charge in [0.2, 0.25) is 10.0 Å². The molecular weight excluding hydrogens is 370 g/mol. The van der Waals surface area contributed by atoms with Gasteiger partial charge in [0, 0.05) is 18.7 Å². The molecule has 0 saturated carbocycles. The lowest BCUT2D eigenvalue weighted by Crippen LogP contribution is -2.46. The predicted octanol–water partition coefficient (Wildman–Crippen LogP) is 1.60. The molecule has 2 amide bonds. The van der Waals surface area contributed by atoms with Crippen molar-refractivity contribution < 1.29 is 22.7 Å². The van der Waals surface area contributed by atoms with Gasteiger partial charge in [-0.15, -0.1) is 6.42 Å². The molecule has 0 atom stereocenters. The monoisotopic (exact) mass is 393 g/mol. The first-order chi connectivity index (χ1) is 12.5. The Labute approximate surface area is 159 Å². The van der Waals surface area contributed by atoms with Gasteiger partial charge >= 0.3 is 6.09 Å². The number of sulfonamides is 1. The molecule has 0 spiro atoms. The minimum Gasteiger partial charge on any atom is -0.442 e. The van der Waals surface area contributed by atoms with Gasteiger partial charge < -0.3 is 4.74 Å². The van der Waals surface area contributed by atoms with E-state index in [1.807, 2.05) is 0 Å². The molecule has 1 heterocycles. The second-order valence-corrected chi connectivity index (χ2v) is 8.71. The summed E-state index contributed by atoms with van der Waals surface area (Å²) in [5.41, 5.74) is -0.542. The van der Waals surface area contributed by atoms with Crippen LogP contribution in [-0.2, 0) is 14.8 Å². The van der Waals surface area contributed by atoms with Gasteiger partial charge in [-0.2, -0.15) is 4.72 Å². The van der Waals surface area contributed by atoms with Crippen LogP contribution in [0.3, 0.4) is 0 Å². The Bertz CT molecular complexity index is 868. The van der Waals surface area contributed by atoms with Crippen molar-refractivity contribution in [3.05, 3.63) is 29.8 Å². The molecule has 1 aliphatic rings. The summed E-state index contributed by atoms with van der Waals surface area (Å²) in [6.45, 7) is 5.76. The van der Waals surface area contributed by atoms with Crippen molar-refractivity contribution in [3.63, 3.8) is 0 Å². The molecule has 146 valence electrons. The summed E-state index contributed by atoms with van der Waals surface area (Å²) in [4.78, 5) is 25.1. The number of benzene rings is 1. The van der Waals surface area contributed by atoms with Gasteiger partial charge in [-0.1, -0.05) is 12.0 Å². The Hall–Kier alpha value is -2.57. The normalized spacial score (nSPS) is 14.7. The van der Waals surface area contributed by atoms with Crippen LogP contribution in [0, 0.1) is 12.3 Å². The summed E-state index contributed by atoms with van der Waals surface area (Å²) in [5, 5.41) is 2.51. The van der Waals surface area contributed by atoms with Crippen molar-refractivity contribution in [2.24, 2.45) is 0 Å². The number of nitrogens with one attached hydrogen (secondary N) is 1. The van der Waals surface area contributed by atoms with Crippen LogP contribution in [0.15, 0.2) is 29.2 Å². The first-order valence-corrected chi connectivity index (χ1v) is 9.89. The molecular formula is C18H23N3O5S. The van der Waals surface area contributed by atoms with E-state index in [-0.39, 0.29) is 17.0 Å². The number of carbonyl (C=O) groups is 2. The van der Waals surface area contributed by atoms with E-state index in [1.165, 1.54) is 34.3 Å². The van der Waals surface area contributed by atoms with Crippen molar-refractivity contribution in [2.75, 3.05) is 19.6 Å². The van der Waals surface area contributed by atoms with Crippen LogP contribution in [0.1, 0.15) is 37.6 Å². The van der Waals surface area contributed by atoms with Crippen LogP contribution in [0.2, 0.25) is 0 Å². The van der Waals surface area contributed by atoms with Crippen LogP contribution in [0.25, 0.3) is 0 Å². The summed E-state index contributed by atoms with van der Waals surface area (Å²) in [5.74, 6) is 1.71. The number of nitrogens with zero attached hydrogens (tertiary/aromatic N) is 2. The molecule has 1 aromatic carbocycles. The number of rotatable bonds is 4. The largest absolute Gasteiger partial charge is 0.442 e. The van der Waals surface area contributed by atoms with E-state index in [1.54, 1.807) is 20.8 Å². The van der Waals surface area contributed by atoms with Crippen LogP contribution in [-0.4, -0.2) is 55.7 Å². The van der Waals surface area contributed by atoms with Gasteiger partial charge in [0.1, 0.15) is 5.60 Å². The zero-order chi connectivity index (χ0) is 20.2. The van der Waals surface area contributed by atoms with Crippen molar-refractivity contribution in [1.82, 2.24) is 14.7 Å². The SMILES string of the molecule is C#CCNS(=O)(=O)c1cccc(C(=O)N2CCCN2C(=O)OC(C)(C)C)c1. The third kappa shape index (κ3) is 5.21. The van der Waals surface area contributed by atoms with E-state index < -0.39 is 27.6 Å². The topological polar surface area (TPSA) is 96.0 Å². The van der Waals surface area contributed by atoms with Gasteiger partial charge in [-0.25, -0.2) is 23.2 Å². The lowest BCUT2D eigenvalue weighted by Gasteiger charge is -2.30. The van der Waals surface area contributed by atoms with Crippen molar-refractivity contribution in [2.45, 2.75) is 37.7 Å². The number of amides is 2. The first-order valence-electron chi connectivity index (χ1n) is 8.40. The molecule has 1 N–H and O–H groups in total. The standard InChI is InChI=1S/C18H23N3O5S/c1-5-10-19-27(24,25)15-9-6-8-14(13-15)16(22)20-11-7-12-21(20)17(23)26-18(2,3)4/h1,6,8-9,13,19H,7,10-12H2,2-4H3. The highest BCUT2D eigenvalue weighted by atomic mass is 32.2. The first kappa shape index (κ1) is 20.7.